The SMILES string of the molecule is CN(C)c1ccn([C@@H]2CSCO2)c(=O)n1. The summed E-state index contributed by atoms with van der Waals surface area (Å²) in [6, 6.07) is 1.81. The maximum atomic E-state index is 11.7. The Labute approximate surface area is 92.1 Å². The van der Waals surface area contributed by atoms with Gasteiger partial charge in [0.15, 0.2) is 0 Å². The van der Waals surface area contributed by atoms with Crippen LogP contribution in [0.2, 0.25) is 0 Å². The minimum absolute atomic E-state index is 0.161. The quantitative estimate of drug-likeness (QED) is 0.737. The van der Waals surface area contributed by atoms with Crippen molar-refractivity contribution in [1.29, 1.82) is 0 Å². The van der Waals surface area contributed by atoms with Crippen molar-refractivity contribution in [3.63, 3.8) is 0 Å². The molecule has 0 saturated carbocycles. The Hall–Kier alpha value is -1.01. The second-order valence-corrected chi connectivity index (χ2v) is 4.46. The fraction of sp³-hybridized carbons (Fsp3) is 0.556. The largest absolute Gasteiger partial charge is 0.363 e. The molecule has 1 saturated heterocycles. The summed E-state index contributed by atoms with van der Waals surface area (Å²) in [6.45, 7) is 0. The van der Waals surface area contributed by atoms with Crippen LogP contribution in [-0.4, -0.2) is 35.3 Å². The molecule has 5 nitrogen and oxygen atoms in total. The van der Waals surface area contributed by atoms with E-state index >= 15 is 0 Å². The molecule has 0 spiro atoms. The summed E-state index contributed by atoms with van der Waals surface area (Å²) in [4.78, 5) is 17.4. The van der Waals surface area contributed by atoms with Gasteiger partial charge in [0.2, 0.25) is 0 Å². The Morgan fingerprint density at radius 2 is 2.47 bits per heavy atom. The molecule has 0 radical (unpaired) electrons. The number of hydrogen-bond acceptors (Lipinski definition) is 5. The van der Waals surface area contributed by atoms with Gasteiger partial charge >= 0.3 is 5.69 Å². The Morgan fingerprint density at radius 1 is 1.67 bits per heavy atom. The number of nitrogens with zero attached hydrogens (tertiary/aromatic N) is 3. The molecule has 1 fully saturated rings. The van der Waals surface area contributed by atoms with Crippen molar-refractivity contribution in [3.8, 4) is 0 Å². The molecule has 2 heterocycles. The monoisotopic (exact) mass is 227 g/mol. The van der Waals surface area contributed by atoms with Crippen LogP contribution in [-0.2, 0) is 4.74 Å². The van der Waals surface area contributed by atoms with E-state index in [1.165, 1.54) is 4.57 Å². The van der Waals surface area contributed by atoms with Gasteiger partial charge in [-0.1, -0.05) is 0 Å². The molecule has 2 rings (SSSR count). The van der Waals surface area contributed by atoms with Crippen molar-refractivity contribution in [3.05, 3.63) is 22.7 Å². The summed E-state index contributed by atoms with van der Waals surface area (Å²) in [7, 11) is 3.71. The first kappa shape index (κ1) is 10.5. The first-order valence-corrected chi connectivity index (χ1v) is 5.80. The van der Waals surface area contributed by atoms with Gasteiger partial charge in [-0.15, -0.1) is 11.8 Å². The zero-order valence-electron chi connectivity index (χ0n) is 8.71. The van der Waals surface area contributed by atoms with Gasteiger partial charge in [-0.25, -0.2) is 4.79 Å². The smallest absolute Gasteiger partial charge is 0.351 e. The van der Waals surface area contributed by atoms with Gasteiger partial charge in [-0.05, 0) is 6.07 Å². The predicted molar refractivity (Wildman–Crippen MR) is 60.3 cm³/mol. The summed E-state index contributed by atoms with van der Waals surface area (Å²) >= 11 is 1.68. The number of aromatic nitrogens is 2. The molecule has 1 aliphatic heterocycles. The van der Waals surface area contributed by atoms with Crippen LogP contribution in [0, 0.1) is 0 Å². The van der Waals surface area contributed by atoms with Gasteiger partial charge in [-0.2, -0.15) is 4.98 Å². The Balaban J connectivity index is 2.30. The van der Waals surface area contributed by atoms with Gasteiger partial charge in [0, 0.05) is 26.0 Å². The number of anilines is 1. The second-order valence-electron chi connectivity index (χ2n) is 3.48. The third-order valence-corrected chi connectivity index (χ3v) is 3.01. The molecule has 1 atom stereocenters. The maximum Gasteiger partial charge on any atom is 0.351 e. The van der Waals surface area contributed by atoms with Crippen LogP contribution in [0.15, 0.2) is 17.1 Å². The molecule has 1 aromatic heterocycles. The number of hydrogen-bond donors (Lipinski definition) is 0. The molecule has 0 aromatic carbocycles. The minimum atomic E-state index is -0.256. The van der Waals surface area contributed by atoms with Crippen molar-refractivity contribution >= 4 is 17.6 Å². The van der Waals surface area contributed by atoms with Gasteiger partial charge < -0.3 is 9.64 Å². The summed E-state index contributed by atoms with van der Waals surface area (Å²) in [5, 5.41) is 0. The molecule has 82 valence electrons. The van der Waals surface area contributed by atoms with Crippen molar-refractivity contribution in [2.24, 2.45) is 0 Å². The Bertz CT molecular complexity index is 399. The van der Waals surface area contributed by atoms with Crippen LogP contribution in [0.1, 0.15) is 6.23 Å². The average Bonchev–Trinajstić information content (AvgIpc) is 2.70. The highest BCUT2D eigenvalue weighted by molar-refractivity contribution is 7.99. The van der Waals surface area contributed by atoms with E-state index in [0.717, 1.165) is 5.75 Å². The molecule has 0 amide bonds. The Morgan fingerprint density at radius 3 is 3.00 bits per heavy atom. The van der Waals surface area contributed by atoms with Gasteiger partial charge in [0.05, 0.1) is 5.94 Å². The van der Waals surface area contributed by atoms with Crippen molar-refractivity contribution < 1.29 is 4.74 Å². The van der Waals surface area contributed by atoms with Gasteiger partial charge in [0.25, 0.3) is 0 Å². The highest BCUT2D eigenvalue weighted by Crippen LogP contribution is 2.23. The number of ether oxygens (including phenoxy) is 1. The van der Waals surface area contributed by atoms with E-state index in [4.69, 9.17) is 4.74 Å². The van der Waals surface area contributed by atoms with E-state index in [1.54, 1.807) is 22.9 Å². The lowest BCUT2D eigenvalue weighted by molar-refractivity contribution is 0.0639. The molecule has 0 unspecified atom stereocenters. The van der Waals surface area contributed by atoms with Crippen LogP contribution in [0.5, 0.6) is 0 Å². The van der Waals surface area contributed by atoms with Crippen LogP contribution >= 0.6 is 11.8 Å². The normalized spacial score (nSPS) is 20.5. The van der Waals surface area contributed by atoms with Crippen LogP contribution in [0.3, 0.4) is 0 Å². The molecule has 0 bridgehead atoms. The van der Waals surface area contributed by atoms with E-state index in [9.17, 15) is 4.79 Å². The fourth-order valence-electron chi connectivity index (χ4n) is 1.36. The molecule has 1 aliphatic rings. The standard InChI is InChI=1S/C9H13N3O2S/c1-11(2)7-3-4-12(9(13)10-7)8-5-15-6-14-8/h3-4,8H,5-6H2,1-2H3/t8-/m0/s1. The molecule has 0 N–H and O–H groups in total. The summed E-state index contributed by atoms with van der Waals surface area (Å²) in [5.41, 5.74) is -0.256. The molecule has 15 heavy (non-hydrogen) atoms. The minimum Gasteiger partial charge on any atom is -0.363 e. The third-order valence-electron chi connectivity index (χ3n) is 2.19. The van der Waals surface area contributed by atoms with Crippen molar-refractivity contribution in [2.45, 2.75) is 6.23 Å². The second kappa shape index (κ2) is 4.24. The summed E-state index contributed by atoms with van der Waals surface area (Å²) < 4.78 is 6.93. The first-order valence-electron chi connectivity index (χ1n) is 4.64. The van der Waals surface area contributed by atoms with E-state index < -0.39 is 0 Å². The molecular weight excluding hydrogens is 214 g/mol. The van der Waals surface area contributed by atoms with E-state index in [2.05, 4.69) is 4.98 Å². The van der Waals surface area contributed by atoms with Crippen LogP contribution in [0.25, 0.3) is 0 Å². The van der Waals surface area contributed by atoms with Crippen LogP contribution < -0.4 is 10.6 Å². The molecular formula is C9H13N3O2S. The third kappa shape index (κ3) is 2.15. The van der Waals surface area contributed by atoms with Crippen molar-refractivity contribution in [2.75, 3.05) is 30.7 Å². The lowest BCUT2D eigenvalue weighted by atomic mass is 10.5. The lowest BCUT2D eigenvalue weighted by Gasteiger charge is -2.14. The van der Waals surface area contributed by atoms with E-state index in [-0.39, 0.29) is 11.9 Å². The van der Waals surface area contributed by atoms with E-state index in [0.29, 0.717) is 11.8 Å². The summed E-state index contributed by atoms with van der Waals surface area (Å²) in [6.07, 6.45) is 1.58. The fourth-order valence-corrected chi connectivity index (χ4v) is 2.16. The lowest BCUT2D eigenvalue weighted by Crippen LogP contribution is -2.29. The van der Waals surface area contributed by atoms with E-state index in [1.807, 2.05) is 20.2 Å². The Kier molecular flexibility index (Phi) is 2.97. The average molecular weight is 227 g/mol. The zero-order valence-corrected chi connectivity index (χ0v) is 9.53. The maximum absolute atomic E-state index is 11.7. The van der Waals surface area contributed by atoms with Crippen LogP contribution in [0.4, 0.5) is 5.82 Å². The highest BCUT2D eigenvalue weighted by atomic mass is 32.2. The highest BCUT2D eigenvalue weighted by Gasteiger charge is 2.19. The number of rotatable bonds is 2. The number of thioether (sulfide) groups is 1. The molecule has 6 heteroatoms. The molecule has 0 aliphatic carbocycles. The van der Waals surface area contributed by atoms with Gasteiger partial charge in [-0.3, -0.25) is 4.57 Å². The summed E-state index contributed by atoms with van der Waals surface area (Å²) in [5.74, 6) is 2.12. The first-order chi connectivity index (χ1) is 7.18. The zero-order chi connectivity index (χ0) is 10.8. The van der Waals surface area contributed by atoms with Gasteiger partial charge in [0.1, 0.15) is 12.0 Å². The predicted octanol–water partition coefficient (Wildman–Crippen LogP) is 0.529. The topological polar surface area (TPSA) is 47.4 Å². The molecule has 1 aromatic rings. The van der Waals surface area contributed by atoms with Crippen molar-refractivity contribution in [1.82, 2.24) is 9.55 Å².